The summed E-state index contributed by atoms with van der Waals surface area (Å²) in [7, 11) is -5.13. The SMILES string of the molecule is CCCCC/C=C\C/C=C\C/C=C\C/C=C\CCCC(=O)OC[C@H](COP(=O)(O)OC1C(O)C(O)C(O)[C@@H](O)C1O)OC(=O)CCCCCCCCCCCCCCCC. The van der Waals surface area contributed by atoms with Crippen molar-refractivity contribution in [3.05, 3.63) is 48.6 Å². The van der Waals surface area contributed by atoms with Crippen LogP contribution in [-0.2, 0) is 32.7 Å². The first kappa shape index (κ1) is 55.8. The van der Waals surface area contributed by atoms with Gasteiger partial charge in [0.1, 0.15) is 43.2 Å². The van der Waals surface area contributed by atoms with Crippen molar-refractivity contribution in [3.8, 4) is 0 Å². The van der Waals surface area contributed by atoms with E-state index < -0.39 is 75.7 Å². The van der Waals surface area contributed by atoms with E-state index in [1.165, 1.54) is 77.0 Å². The Morgan fingerprint density at radius 3 is 1.42 bits per heavy atom. The van der Waals surface area contributed by atoms with Gasteiger partial charge in [-0.25, -0.2) is 4.57 Å². The molecule has 0 aromatic carbocycles. The number of allylic oxidation sites excluding steroid dienone is 8. The normalized spacial score (nSPS) is 22.6. The summed E-state index contributed by atoms with van der Waals surface area (Å²) in [6.07, 6.45) is 28.8. The van der Waals surface area contributed by atoms with Gasteiger partial charge in [0.2, 0.25) is 0 Å². The van der Waals surface area contributed by atoms with Crippen LogP contribution in [0.5, 0.6) is 0 Å². The molecule has 0 aliphatic heterocycles. The zero-order valence-corrected chi connectivity index (χ0v) is 37.6. The molecule has 1 aliphatic carbocycles. The minimum Gasteiger partial charge on any atom is -0.462 e. The van der Waals surface area contributed by atoms with E-state index in [-0.39, 0.29) is 12.8 Å². The van der Waals surface area contributed by atoms with E-state index in [4.69, 9.17) is 18.5 Å². The summed E-state index contributed by atoms with van der Waals surface area (Å²) < 4.78 is 33.4. The number of hydrogen-bond donors (Lipinski definition) is 6. The van der Waals surface area contributed by atoms with Crippen LogP contribution in [0.15, 0.2) is 48.6 Å². The second kappa shape index (κ2) is 36.3. The Morgan fingerprint density at radius 1 is 0.517 bits per heavy atom. The molecule has 0 aromatic rings. The van der Waals surface area contributed by atoms with Gasteiger partial charge in [-0.05, 0) is 51.4 Å². The molecule has 8 atom stereocenters. The van der Waals surface area contributed by atoms with E-state index in [2.05, 4.69) is 50.3 Å². The largest absolute Gasteiger partial charge is 0.472 e. The Balaban J connectivity index is 2.51. The van der Waals surface area contributed by atoms with Gasteiger partial charge in [0, 0.05) is 12.8 Å². The van der Waals surface area contributed by atoms with Crippen molar-refractivity contribution in [3.63, 3.8) is 0 Å². The molecule has 0 bridgehead atoms. The Labute approximate surface area is 360 Å². The molecule has 1 saturated carbocycles. The average Bonchev–Trinajstić information content (AvgIpc) is 3.23. The van der Waals surface area contributed by atoms with Crippen molar-refractivity contribution in [1.29, 1.82) is 0 Å². The van der Waals surface area contributed by atoms with Gasteiger partial charge < -0.3 is 39.9 Å². The molecule has 1 aliphatic rings. The summed E-state index contributed by atoms with van der Waals surface area (Å²) in [5, 5.41) is 50.1. The zero-order valence-electron chi connectivity index (χ0n) is 36.7. The molecule has 0 spiro atoms. The highest BCUT2D eigenvalue weighted by Gasteiger charge is 2.51. The fourth-order valence-corrected chi connectivity index (χ4v) is 7.66. The highest BCUT2D eigenvalue weighted by Crippen LogP contribution is 2.47. The lowest BCUT2D eigenvalue weighted by Crippen LogP contribution is -2.64. The Hall–Kier alpha value is -2.19. The maximum atomic E-state index is 12.8. The van der Waals surface area contributed by atoms with E-state index in [0.29, 0.717) is 19.3 Å². The molecule has 6 unspecified atom stereocenters. The van der Waals surface area contributed by atoms with Gasteiger partial charge in [-0.15, -0.1) is 0 Å². The Kier molecular flexibility index (Phi) is 33.8. The lowest BCUT2D eigenvalue weighted by atomic mass is 9.85. The van der Waals surface area contributed by atoms with E-state index in [9.17, 15) is 44.6 Å². The van der Waals surface area contributed by atoms with Crippen molar-refractivity contribution in [1.82, 2.24) is 0 Å². The van der Waals surface area contributed by atoms with Crippen LogP contribution < -0.4 is 0 Å². The highest BCUT2D eigenvalue weighted by molar-refractivity contribution is 7.47. The molecule has 60 heavy (non-hydrogen) atoms. The molecule has 0 aromatic heterocycles. The summed E-state index contributed by atoms with van der Waals surface area (Å²) in [5.41, 5.74) is 0. The molecule has 0 amide bonds. The quantitative estimate of drug-likeness (QED) is 0.0149. The third-order valence-corrected chi connectivity index (χ3v) is 11.4. The molecule has 1 rings (SSSR count). The van der Waals surface area contributed by atoms with Gasteiger partial charge >= 0.3 is 19.8 Å². The number of ether oxygens (including phenoxy) is 2. The van der Waals surface area contributed by atoms with Crippen LogP contribution in [0.3, 0.4) is 0 Å². The van der Waals surface area contributed by atoms with Crippen LogP contribution in [0.1, 0.15) is 174 Å². The van der Waals surface area contributed by atoms with Crippen LogP contribution in [-0.4, -0.2) is 98.3 Å². The lowest BCUT2D eigenvalue weighted by Gasteiger charge is -2.41. The van der Waals surface area contributed by atoms with Gasteiger partial charge in [0.05, 0.1) is 6.61 Å². The molecular weight excluding hydrogens is 791 g/mol. The lowest BCUT2D eigenvalue weighted by molar-refractivity contribution is -0.220. The highest BCUT2D eigenvalue weighted by atomic mass is 31.2. The molecule has 0 heterocycles. The summed E-state index contributed by atoms with van der Waals surface area (Å²) in [4.78, 5) is 35.6. The van der Waals surface area contributed by atoms with E-state index in [1.54, 1.807) is 0 Å². The third kappa shape index (κ3) is 28.4. The van der Waals surface area contributed by atoms with Gasteiger partial charge in [-0.2, -0.15) is 0 Å². The van der Waals surface area contributed by atoms with Crippen LogP contribution in [0, 0.1) is 0 Å². The Morgan fingerprint density at radius 2 is 0.917 bits per heavy atom. The van der Waals surface area contributed by atoms with Crippen LogP contribution in [0.4, 0.5) is 0 Å². The van der Waals surface area contributed by atoms with Crippen molar-refractivity contribution in [2.24, 2.45) is 0 Å². The molecule has 348 valence electrons. The maximum Gasteiger partial charge on any atom is 0.472 e. The molecule has 14 heteroatoms. The number of hydrogen-bond acceptors (Lipinski definition) is 12. The summed E-state index contributed by atoms with van der Waals surface area (Å²) in [5.74, 6) is -1.16. The molecule has 1 fully saturated rings. The fourth-order valence-electron chi connectivity index (χ4n) is 6.69. The van der Waals surface area contributed by atoms with Gasteiger partial charge in [-0.1, -0.05) is 159 Å². The number of aliphatic hydroxyl groups excluding tert-OH is 5. The fraction of sp³-hybridized carbons (Fsp3) is 0.783. The Bertz CT molecular complexity index is 1240. The van der Waals surface area contributed by atoms with Gasteiger partial charge in [-0.3, -0.25) is 18.6 Å². The number of phosphoric acid groups is 1. The van der Waals surface area contributed by atoms with Crippen molar-refractivity contribution >= 4 is 19.8 Å². The van der Waals surface area contributed by atoms with Crippen LogP contribution >= 0.6 is 7.82 Å². The number of aliphatic hydroxyl groups is 5. The van der Waals surface area contributed by atoms with Crippen molar-refractivity contribution in [2.75, 3.05) is 13.2 Å². The number of esters is 2. The summed E-state index contributed by atoms with van der Waals surface area (Å²) >= 11 is 0. The van der Waals surface area contributed by atoms with E-state index in [1.807, 2.05) is 12.2 Å². The molecule has 13 nitrogen and oxygen atoms in total. The maximum absolute atomic E-state index is 12.8. The van der Waals surface area contributed by atoms with Crippen LogP contribution in [0.25, 0.3) is 0 Å². The van der Waals surface area contributed by atoms with Crippen molar-refractivity contribution < 1.29 is 63.1 Å². The molecular formula is C46H81O13P. The summed E-state index contributed by atoms with van der Waals surface area (Å²) in [6, 6.07) is 0. The molecule has 0 saturated heterocycles. The first-order chi connectivity index (χ1) is 28.9. The molecule has 0 radical (unpaired) electrons. The third-order valence-electron chi connectivity index (χ3n) is 10.4. The minimum atomic E-state index is -5.13. The predicted octanol–water partition coefficient (Wildman–Crippen LogP) is 8.78. The number of phosphoric ester groups is 1. The van der Waals surface area contributed by atoms with E-state index >= 15 is 0 Å². The standard InChI is InChI=1S/C46H81O13P/c1-3-5-7-9-11-13-15-17-19-20-21-23-24-26-28-30-32-34-39(47)56-36-38(37-57-60(54,55)59-46-44(52)42(50)41(49)43(51)45(46)53)58-40(48)35-33-31-29-27-25-22-18-16-14-12-10-8-6-4-2/h11,13,17,19,21,23,26,28,38,41-46,49-53H,3-10,12,14-16,18,20,22,24-25,27,29-37H2,1-2H3,(H,54,55)/b13-11-,19-17-,23-21-,28-26-/t38-,41?,42-,43?,44?,45?,46?/m1/s1. The van der Waals surface area contributed by atoms with Crippen molar-refractivity contribution in [2.45, 2.75) is 217 Å². The summed E-state index contributed by atoms with van der Waals surface area (Å²) in [6.45, 7) is 3.22. The van der Waals surface area contributed by atoms with Crippen LogP contribution in [0.2, 0.25) is 0 Å². The minimum absolute atomic E-state index is 0.0867. The van der Waals surface area contributed by atoms with Gasteiger partial charge in [0.25, 0.3) is 0 Å². The van der Waals surface area contributed by atoms with E-state index in [0.717, 1.165) is 51.4 Å². The zero-order chi connectivity index (χ0) is 44.3. The predicted molar refractivity (Wildman–Crippen MR) is 235 cm³/mol. The topological polar surface area (TPSA) is 210 Å². The van der Waals surface area contributed by atoms with Gasteiger partial charge in [0.15, 0.2) is 6.10 Å². The average molecular weight is 873 g/mol. The smallest absolute Gasteiger partial charge is 0.462 e. The first-order valence-corrected chi connectivity index (χ1v) is 24.4. The number of carbonyl (C=O) groups is 2. The number of carbonyl (C=O) groups excluding carboxylic acids is 2. The second-order valence-corrected chi connectivity index (χ2v) is 17.3. The molecule has 6 N–H and O–H groups in total. The monoisotopic (exact) mass is 873 g/mol. The number of unbranched alkanes of at least 4 members (excludes halogenated alkanes) is 17. The second-order valence-electron chi connectivity index (χ2n) is 15.9. The number of rotatable bonds is 37. The first-order valence-electron chi connectivity index (χ1n) is 22.9.